The second kappa shape index (κ2) is 85.1. The zero-order valence-electron chi connectivity index (χ0n) is 64.6. The van der Waals surface area contributed by atoms with Crippen LogP contribution in [0.5, 0.6) is 0 Å². The number of hydrogen-bond donors (Lipinski definition) is 0. The molecule has 0 saturated heterocycles. The molecule has 0 heterocycles. The SMILES string of the molecule is CCCCCCCCCCCCCCCCCC/C=C/C(CCCCCCCCCCCCCCCCCCCC)COS(=O)(=O)[O-].CCCCCCCCCCCCCCCCCC/C=C/C(CCCCCCCCCCCCCCCCCCCC)COS(=O)(=O)[O-].[Ca+2]. The van der Waals surface area contributed by atoms with Crippen molar-refractivity contribution in [2.24, 2.45) is 11.8 Å². The summed E-state index contributed by atoms with van der Waals surface area (Å²) in [6.07, 6.45) is 105. The van der Waals surface area contributed by atoms with E-state index in [4.69, 9.17) is 0 Å². The van der Waals surface area contributed by atoms with Crippen molar-refractivity contribution in [3.05, 3.63) is 24.3 Å². The molecule has 0 aliphatic rings. The third-order valence-electron chi connectivity index (χ3n) is 20.0. The molecule has 8 nitrogen and oxygen atoms in total. The van der Waals surface area contributed by atoms with Crippen molar-refractivity contribution in [2.45, 2.75) is 490 Å². The average Bonchev–Trinajstić information content (AvgIpc) is 3.11. The smallest absolute Gasteiger partial charge is 0.726 e. The molecule has 0 spiro atoms. The molecule has 0 fully saturated rings. The summed E-state index contributed by atoms with van der Waals surface area (Å²) in [5, 5.41) is 0. The molecule has 0 radical (unpaired) electrons. The summed E-state index contributed by atoms with van der Waals surface area (Å²) in [7, 11) is -9.26. The molecule has 95 heavy (non-hydrogen) atoms. The Labute approximate surface area is 627 Å². The van der Waals surface area contributed by atoms with Crippen molar-refractivity contribution in [1.29, 1.82) is 0 Å². The number of rotatable bonds is 80. The van der Waals surface area contributed by atoms with Crippen LogP contribution in [0.25, 0.3) is 0 Å². The van der Waals surface area contributed by atoms with E-state index in [9.17, 15) is 25.9 Å². The molecule has 2 atom stereocenters. The Bertz CT molecular complexity index is 1570. The van der Waals surface area contributed by atoms with Gasteiger partial charge in [-0.3, -0.25) is 8.37 Å². The molecular weight excluding hydrogens is 1240 g/mol. The molecule has 0 bridgehead atoms. The summed E-state index contributed by atoms with van der Waals surface area (Å²) in [6.45, 7) is 9.11. The van der Waals surface area contributed by atoms with Crippen molar-refractivity contribution in [1.82, 2.24) is 0 Å². The summed E-state index contributed by atoms with van der Waals surface area (Å²) in [5.74, 6) is 0.0293. The van der Waals surface area contributed by atoms with Gasteiger partial charge in [0.15, 0.2) is 0 Å². The minimum absolute atomic E-state index is 0. The first-order valence-corrected chi connectivity index (χ1v) is 45.2. The van der Waals surface area contributed by atoms with Crippen LogP contribution in [0.2, 0.25) is 0 Å². The van der Waals surface area contributed by atoms with Crippen molar-refractivity contribution in [3.63, 3.8) is 0 Å². The maximum Gasteiger partial charge on any atom is 2.00 e. The van der Waals surface area contributed by atoms with Crippen LogP contribution in [0, 0.1) is 11.8 Å². The van der Waals surface area contributed by atoms with E-state index in [1.54, 1.807) is 0 Å². The molecular formula is C84H166CaO8S2. The van der Waals surface area contributed by atoms with Gasteiger partial charge in [-0.15, -0.1) is 0 Å². The van der Waals surface area contributed by atoms with E-state index < -0.39 is 20.8 Å². The molecule has 2 unspecified atom stereocenters. The summed E-state index contributed by atoms with van der Waals surface area (Å²) in [6, 6.07) is 0. The van der Waals surface area contributed by atoms with Crippen LogP contribution in [0.4, 0.5) is 0 Å². The van der Waals surface area contributed by atoms with Crippen molar-refractivity contribution in [2.75, 3.05) is 13.2 Å². The van der Waals surface area contributed by atoms with Gasteiger partial charge < -0.3 is 9.11 Å². The largest absolute Gasteiger partial charge is 2.00 e. The van der Waals surface area contributed by atoms with E-state index in [0.717, 1.165) is 38.5 Å². The maximum absolute atomic E-state index is 11.0. The van der Waals surface area contributed by atoms with E-state index >= 15 is 0 Å². The molecule has 0 aromatic rings. The van der Waals surface area contributed by atoms with Gasteiger partial charge in [-0.05, 0) is 38.5 Å². The predicted octanol–water partition coefficient (Wildman–Crippen LogP) is 29.1. The minimum Gasteiger partial charge on any atom is -0.726 e. The first-order valence-electron chi connectivity index (χ1n) is 42.5. The van der Waals surface area contributed by atoms with Crippen molar-refractivity contribution >= 4 is 58.5 Å². The number of allylic oxidation sites excluding steroid dienone is 2. The van der Waals surface area contributed by atoms with Gasteiger partial charge >= 0.3 is 37.7 Å². The molecule has 11 heteroatoms. The Morgan fingerprint density at radius 3 is 0.516 bits per heavy atom. The topological polar surface area (TPSA) is 133 Å². The molecule has 0 aliphatic heterocycles. The van der Waals surface area contributed by atoms with Crippen LogP contribution in [0.15, 0.2) is 24.3 Å². The molecule has 564 valence electrons. The van der Waals surface area contributed by atoms with Gasteiger partial charge in [0.25, 0.3) is 0 Å². The van der Waals surface area contributed by atoms with E-state index in [-0.39, 0.29) is 62.8 Å². The quantitative estimate of drug-likeness (QED) is 0.0193. The summed E-state index contributed by atoms with van der Waals surface area (Å²) >= 11 is 0. The van der Waals surface area contributed by atoms with E-state index in [0.29, 0.717) is 0 Å². The molecule has 0 aromatic carbocycles. The van der Waals surface area contributed by atoms with Crippen molar-refractivity contribution < 1.29 is 34.3 Å². The third-order valence-corrected chi connectivity index (χ3v) is 20.8. The molecule has 0 N–H and O–H groups in total. The van der Waals surface area contributed by atoms with Crippen molar-refractivity contribution in [3.8, 4) is 0 Å². The third kappa shape index (κ3) is 94.5. The first kappa shape index (κ1) is 99.7. The fraction of sp³-hybridized carbons (Fsp3) is 0.952. The van der Waals surface area contributed by atoms with Crippen LogP contribution in [-0.4, -0.2) is 76.9 Å². The Morgan fingerprint density at radius 2 is 0.368 bits per heavy atom. The normalized spacial score (nSPS) is 12.7. The Balaban J connectivity index is -0.00000176. The molecule has 0 amide bonds. The summed E-state index contributed by atoms with van der Waals surface area (Å²) in [4.78, 5) is 0. The Hall–Kier alpha value is 0.480. The minimum atomic E-state index is -4.63. The van der Waals surface area contributed by atoms with Crippen LogP contribution in [0.1, 0.15) is 490 Å². The monoisotopic (exact) mass is 1410 g/mol. The first-order chi connectivity index (χ1) is 46.0. The number of hydrogen-bond acceptors (Lipinski definition) is 8. The average molecular weight is 1410 g/mol. The van der Waals surface area contributed by atoms with E-state index in [1.807, 2.05) is 0 Å². The van der Waals surface area contributed by atoms with Crippen LogP contribution >= 0.6 is 0 Å². The van der Waals surface area contributed by atoms with Gasteiger partial charge in [0, 0.05) is 11.8 Å². The Kier molecular flexibility index (Phi) is 89.3. The van der Waals surface area contributed by atoms with Gasteiger partial charge in [-0.2, -0.15) is 0 Å². The fourth-order valence-corrected chi connectivity index (χ4v) is 14.3. The van der Waals surface area contributed by atoms with Crippen LogP contribution < -0.4 is 0 Å². The second-order valence-electron chi connectivity index (χ2n) is 29.5. The van der Waals surface area contributed by atoms with Gasteiger partial charge in [0.05, 0.1) is 13.2 Å². The van der Waals surface area contributed by atoms with Gasteiger partial charge in [-0.25, -0.2) is 16.8 Å². The van der Waals surface area contributed by atoms with Gasteiger partial charge in [0.1, 0.15) is 0 Å². The van der Waals surface area contributed by atoms with Crippen LogP contribution in [-0.2, 0) is 29.2 Å². The standard InChI is InChI=1S/2C42H84O4S.Ca/c2*1-3-5-7-9-11-13-15-17-19-21-23-25-27-29-31-33-35-37-39-42(41-46-47(43,44)45)40-38-36-34-32-30-28-26-24-22-20-18-16-14-12-10-8-6-4-2;/h2*37,39,42H,3-36,38,40-41H2,1-2H3,(H,43,44,45);/q;;+2/p-2/b2*39-37+;. The summed E-state index contributed by atoms with van der Waals surface area (Å²) < 4.78 is 75.4. The maximum atomic E-state index is 11.0. The van der Waals surface area contributed by atoms with Gasteiger partial charge in [-0.1, -0.05) is 476 Å². The predicted molar refractivity (Wildman–Crippen MR) is 417 cm³/mol. The fourth-order valence-electron chi connectivity index (χ4n) is 13.6. The van der Waals surface area contributed by atoms with Crippen LogP contribution in [0.3, 0.4) is 0 Å². The molecule has 0 saturated carbocycles. The van der Waals surface area contributed by atoms with E-state index in [1.165, 1.54) is 424 Å². The molecule has 0 aromatic heterocycles. The Morgan fingerprint density at radius 1 is 0.232 bits per heavy atom. The number of unbranched alkanes of at least 4 members (excludes halogenated alkanes) is 66. The second-order valence-corrected chi connectivity index (χ2v) is 31.6. The molecule has 0 aliphatic carbocycles. The zero-order valence-corrected chi connectivity index (χ0v) is 68.4. The van der Waals surface area contributed by atoms with Gasteiger partial charge in [0.2, 0.25) is 20.8 Å². The zero-order chi connectivity index (χ0) is 68.7. The van der Waals surface area contributed by atoms with E-state index in [2.05, 4.69) is 60.4 Å². The summed E-state index contributed by atoms with van der Waals surface area (Å²) in [5.41, 5.74) is 0. The molecule has 0 rings (SSSR count).